The minimum atomic E-state index is -0.599. The van der Waals surface area contributed by atoms with E-state index in [-0.39, 0.29) is 6.09 Å². The van der Waals surface area contributed by atoms with Gasteiger partial charge in [-0.1, -0.05) is 12.1 Å². The first-order valence-corrected chi connectivity index (χ1v) is 10.5. The van der Waals surface area contributed by atoms with Crippen molar-refractivity contribution in [2.45, 2.75) is 65.3 Å². The molecule has 1 aromatic carbocycles. The highest BCUT2D eigenvalue weighted by Crippen LogP contribution is 2.37. The Bertz CT molecular complexity index is 794. The smallest absolute Gasteiger partial charge is 0.444 e. The number of hydrogen-bond donors (Lipinski definition) is 0. The fraction of sp³-hybridized carbons (Fsp3) is 0.636. The highest BCUT2D eigenvalue weighted by Gasteiger charge is 2.52. The molecular weight excluding hydrogens is 383 g/mol. The van der Waals surface area contributed by atoms with E-state index in [2.05, 4.69) is 4.90 Å². The third kappa shape index (κ3) is 4.49. The van der Waals surface area contributed by atoms with E-state index in [4.69, 9.17) is 14.0 Å². The summed E-state index contributed by atoms with van der Waals surface area (Å²) in [6, 6.07) is 5.73. The van der Waals surface area contributed by atoms with E-state index in [1.807, 2.05) is 66.7 Å². The molecule has 2 fully saturated rings. The van der Waals surface area contributed by atoms with Crippen molar-refractivity contribution in [3.8, 4) is 0 Å². The molecule has 0 N–H and O–H groups in total. The molecule has 2 aliphatic heterocycles. The van der Waals surface area contributed by atoms with Crippen molar-refractivity contribution in [1.82, 2.24) is 4.90 Å². The average molecular weight is 416 g/mol. The number of nitrogens with zero attached hydrogens (tertiary/aromatic N) is 2. The number of piperazine rings is 1. The summed E-state index contributed by atoms with van der Waals surface area (Å²) >= 11 is 0. The molecule has 1 amide bonds. The van der Waals surface area contributed by atoms with Gasteiger partial charge in [0.05, 0.1) is 11.2 Å². The van der Waals surface area contributed by atoms with Crippen LogP contribution in [-0.4, -0.2) is 67.4 Å². The molecule has 0 aromatic heterocycles. The van der Waals surface area contributed by atoms with Crippen LogP contribution < -0.4 is 10.4 Å². The van der Waals surface area contributed by atoms with Crippen molar-refractivity contribution in [2.75, 3.05) is 31.1 Å². The standard InChI is InChI=1S/C22H33BN2O5/c1-20(2,3)28-19(27)25-13-11-24(12-14-25)18-10-8-9-17(16(18)15-26)23-29-21(4,5)22(6,7)30-23/h8-10,15H,11-14H2,1-7H3. The van der Waals surface area contributed by atoms with Crippen LogP contribution in [0.5, 0.6) is 0 Å². The number of anilines is 1. The van der Waals surface area contributed by atoms with Crippen molar-refractivity contribution >= 4 is 30.6 Å². The Hall–Kier alpha value is -2.06. The van der Waals surface area contributed by atoms with Gasteiger partial charge in [0.15, 0.2) is 6.29 Å². The SMILES string of the molecule is CC(C)(C)OC(=O)N1CCN(c2cccc(B3OC(C)(C)C(C)(C)O3)c2C=O)CC1. The number of rotatable bonds is 3. The van der Waals surface area contributed by atoms with Gasteiger partial charge in [0.1, 0.15) is 5.60 Å². The lowest BCUT2D eigenvalue weighted by Crippen LogP contribution is -2.50. The van der Waals surface area contributed by atoms with Gasteiger partial charge in [0.2, 0.25) is 0 Å². The fourth-order valence-corrected chi connectivity index (χ4v) is 3.61. The normalized spacial score (nSPS) is 21.0. The molecule has 0 bridgehead atoms. The van der Waals surface area contributed by atoms with Crippen LogP contribution in [0.1, 0.15) is 58.8 Å². The van der Waals surface area contributed by atoms with E-state index in [0.29, 0.717) is 31.7 Å². The van der Waals surface area contributed by atoms with Crippen LogP contribution in [0.15, 0.2) is 18.2 Å². The summed E-state index contributed by atoms with van der Waals surface area (Å²) in [5.41, 5.74) is 0.661. The fourth-order valence-electron chi connectivity index (χ4n) is 3.61. The lowest BCUT2D eigenvalue weighted by Gasteiger charge is -2.37. The second kappa shape index (κ2) is 7.89. The molecule has 7 nitrogen and oxygen atoms in total. The van der Waals surface area contributed by atoms with E-state index >= 15 is 0 Å². The van der Waals surface area contributed by atoms with Crippen LogP contribution in [0.2, 0.25) is 0 Å². The molecule has 3 rings (SSSR count). The number of carbonyl (C=O) groups is 2. The molecule has 0 aliphatic carbocycles. The predicted octanol–water partition coefficient (Wildman–Crippen LogP) is 2.86. The summed E-state index contributed by atoms with van der Waals surface area (Å²) < 4.78 is 17.8. The zero-order chi connectivity index (χ0) is 22.3. The van der Waals surface area contributed by atoms with Crippen LogP contribution in [0.3, 0.4) is 0 Å². The molecule has 0 saturated carbocycles. The first-order valence-electron chi connectivity index (χ1n) is 10.5. The van der Waals surface area contributed by atoms with Crippen molar-refractivity contribution in [3.63, 3.8) is 0 Å². The summed E-state index contributed by atoms with van der Waals surface area (Å²) in [7, 11) is -0.599. The van der Waals surface area contributed by atoms with Gasteiger partial charge in [0, 0.05) is 37.4 Å². The van der Waals surface area contributed by atoms with Crippen LogP contribution in [-0.2, 0) is 14.0 Å². The molecule has 2 heterocycles. The lowest BCUT2D eigenvalue weighted by atomic mass is 9.75. The van der Waals surface area contributed by atoms with Gasteiger partial charge in [-0.3, -0.25) is 4.79 Å². The quantitative estimate of drug-likeness (QED) is 0.558. The van der Waals surface area contributed by atoms with Crippen LogP contribution >= 0.6 is 0 Å². The number of aldehydes is 1. The number of benzene rings is 1. The second-order valence-electron chi connectivity index (χ2n) is 9.94. The Morgan fingerprint density at radius 3 is 2.13 bits per heavy atom. The van der Waals surface area contributed by atoms with Gasteiger partial charge in [0.25, 0.3) is 0 Å². The maximum absolute atomic E-state index is 12.3. The van der Waals surface area contributed by atoms with Crippen LogP contribution in [0, 0.1) is 0 Å². The topological polar surface area (TPSA) is 68.3 Å². The van der Waals surface area contributed by atoms with Crippen molar-refractivity contribution < 1.29 is 23.6 Å². The molecule has 0 radical (unpaired) electrons. The van der Waals surface area contributed by atoms with Crippen molar-refractivity contribution in [1.29, 1.82) is 0 Å². The molecule has 0 unspecified atom stereocenters. The second-order valence-corrected chi connectivity index (χ2v) is 9.94. The molecule has 164 valence electrons. The molecule has 30 heavy (non-hydrogen) atoms. The average Bonchev–Trinajstić information content (AvgIpc) is 2.87. The third-order valence-electron chi connectivity index (χ3n) is 6.01. The summed E-state index contributed by atoms with van der Waals surface area (Å²) in [6.45, 7) is 15.9. The van der Waals surface area contributed by atoms with Gasteiger partial charge in [-0.15, -0.1) is 0 Å². The first kappa shape index (κ1) is 22.6. The highest BCUT2D eigenvalue weighted by molar-refractivity contribution is 6.63. The Balaban J connectivity index is 1.77. The number of carbonyl (C=O) groups excluding carboxylic acids is 2. The molecule has 8 heteroatoms. The predicted molar refractivity (Wildman–Crippen MR) is 118 cm³/mol. The molecule has 2 aliphatic rings. The minimum Gasteiger partial charge on any atom is -0.444 e. The summed E-state index contributed by atoms with van der Waals surface area (Å²) in [5, 5.41) is 0. The summed E-state index contributed by atoms with van der Waals surface area (Å²) in [4.78, 5) is 28.2. The van der Waals surface area contributed by atoms with E-state index in [0.717, 1.165) is 17.4 Å². The van der Waals surface area contributed by atoms with Gasteiger partial charge < -0.3 is 23.8 Å². The van der Waals surface area contributed by atoms with Crippen molar-refractivity contribution in [3.05, 3.63) is 23.8 Å². The first-order chi connectivity index (χ1) is 13.8. The van der Waals surface area contributed by atoms with E-state index in [9.17, 15) is 9.59 Å². The van der Waals surface area contributed by atoms with Gasteiger partial charge in [-0.05, 0) is 60.0 Å². The number of hydrogen-bond acceptors (Lipinski definition) is 6. The zero-order valence-electron chi connectivity index (χ0n) is 19.2. The van der Waals surface area contributed by atoms with Gasteiger partial charge in [-0.25, -0.2) is 4.79 Å². The molecule has 2 saturated heterocycles. The van der Waals surface area contributed by atoms with Gasteiger partial charge >= 0.3 is 13.2 Å². The lowest BCUT2D eigenvalue weighted by molar-refractivity contribution is 0.00578. The van der Waals surface area contributed by atoms with Gasteiger partial charge in [-0.2, -0.15) is 0 Å². The number of amides is 1. The summed E-state index contributed by atoms with van der Waals surface area (Å²) in [6.07, 6.45) is 0.569. The molecular formula is C22H33BN2O5. The Morgan fingerprint density at radius 2 is 1.63 bits per heavy atom. The maximum Gasteiger partial charge on any atom is 0.495 e. The van der Waals surface area contributed by atoms with Crippen molar-refractivity contribution in [2.24, 2.45) is 0 Å². The molecule has 0 spiro atoms. The van der Waals surface area contributed by atoms with E-state index in [1.54, 1.807) is 4.90 Å². The largest absolute Gasteiger partial charge is 0.495 e. The Morgan fingerprint density at radius 1 is 1.07 bits per heavy atom. The molecule has 1 aromatic rings. The van der Waals surface area contributed by atoms with E-state index < -0.39 is 23.9 Å². The van der Waals surface area contributed by atoms with Crippen LogP contribution in [0.25, 0.3) is 0 Å². The Labute approximate surface area is 179 Å². The minimum absolute atomic E-state index is 0.302. The summed E-state index contributed by atoms with van der Waals surface area (Å²) in [5.74, 6) is 0. The highest BCUT2D eigenvalue weighted by atomic mass is 16.7. The van der Waals surface area contributed by atoms with E-state index in [1.165, 1.54) is 0 Å². The third-order valence-corrected chi connectivity index (χ3v) is 6.01. The maximum atomic E-state index is 12.3. The Kier molecular flexibility index (Phi) is 5.95. The molecule has 0 atom stereocenters. The number of ether oxygens (including phenoxy) is 1. The van der Waals surface area contributed by atoms with Crippen LogP contribution in [0.4, 0.5) is 10.5 Å². The monoisotopic (exact) mass is 416 g/mol. The zero-order valence-corrected chi connectivity index (χ0v) is 19.2.